The van der Waals surface area contributed by atoms with Crippen molar-refractivity contribution < 1.29 is 0 Å². The highest BCUT2D eigenvalue weighted by atomic mass is 15.4. The number of fused-ring (bicyclic) bond motifs is 1. The summed E-state index contributed by atoms with van der Waals surface area (Å²) >= 11 is 0. The highest BCUT2D eigenvalue weighted by Gasteiger charge is 2.17. The summed E-state index contributed by atoms with van der Waals surface area (Å²) in [5, 5.41) is 4.46. The Bertz CT molecular complexity index is 966. The minimum Gasteiger partial charge on any atom is -0.368 e. The number of nitrogens with two attached hydrogens (primary N) is 1. The summed E-state index contributed by atoms with van der Waals surface area (Å²) in [5.41, 5.74) is 11.6. The molecule has 4 rings (SSSR count). The normalized spacial score (nSPS) is 12.9. The molecule has 7 heteroatoms. The smallest absolute Gasteiger partial charge is 0.223 e. The number of aryl methyl sites for hydroxylation is 1. The van der Waals surface area contributed by atoms with Gasteiger partial charge in [-0.05, 0) is 72.0 Å². The van der Waals surface area contributed by atoms with Crippen molar-refractivity contribution >= 4 is 17.2 Å². The Kier molecular flexibility index (Phi) is 7.84. The maximum atomic E-state index is 6.01. The first-order chi connectivity index (χ1) is 13.9. The number of aromatic nitrogens is 5. The molecule has 0 unspecified atom stereocenters. The fraction of sp³-hybridized carbons (Fsp3) is 0.455. The first-order valence-electron chi connectivity index (χ1n) is 10.2. The molecule has 7 nitrogen and oxygen atoms in total. The van der Waals surface area contributed by atoms with Crippen LogP contribution in [-0.2, 0) is 0 Å². The lowest BCUT2D eigenvalue weighted by Gasteiger charge is -2.24. The molecule has 2 N–H and O–H groups in total. The lowest BCUT2D eigenvalue weighted by atomic mass is 10.0. The minimum atomic E-state index is 0.326. The van der Waals surface area contributed by atoms with Gasteiger partial charge >= 0.3 is 0 Å². The third-order valence-corrected chi connectivity index (χ3v) is 4.79. The van der Waals surface area contributed by atoms with Crippen molar-refractivity contribution in [3.63, 3.8) is 0 Å². The Morgan fingerprint density at radius 1 is 1.07 bits per heavy atom. The van der Waals surface area contributed by atoms with E-state index in [1.165, 1.54) is 25.1 Å². The molecule has 1 aliphatic heterocycles. The van der Waals surface area contributed by atoms with Gasteiger partial charge in [0.15, 0.2) is 5.65 Å². The van der Waals surface area contributed by atoms with Crippen molar-refractivity contribution in [2.45, 2.75) is 48.0 Å². The summed E-state index contributed by atoms with van der Waals surface area (Å²) in [4.78, 5) is 15.6. The van der Waals surface area contributed by atoms with Crippen LogP contribution in [0.4, 0.5) is 5.95 Å². The Morgan fingerprint density at radius 2 is 1.72 bits per heavy atom. The van der Waals surface area contributed by atoms with Gasteiger partial charge in [-0.3, -0.25) is 4.98 Å². The first kappa shape index (κ1) is 22.5. The van der Waals surface area contributed by atoms with Gasteiger partial charge in [0, 0.05) is 11.8 Å². The summed E-state index contributed by atoms with van der Waals surface area (Å²) in [6.45, 7) is 14.8. The predicted molar refractivity (Wildman–Crippen MR) is 121 cm³/mol. The van der Waals surface area contributed by atoms with Crippen molar-refractivity contribution in [1.82, 2.24) is 29.5 Å². The van der Waals surface area contributed by atoms with E-state index in [9.17, 15) is 0 Å². The van der Waals surface area contributed by atoms with E-state index in [0.717, 1.165) is 16.8 Å². The molecule has 1 aliphatic rings. The molecule has 3 aromatic rings. The number of rotatable bonds is 2. The van der Waals surface area contributed by atoms with Gasteiger partial charge in [0.25, 0.3) is 0 Å². The number of nitrogen functional groups attached to an aromatic ring is 1. The summed E-state index contributed by atoms with van der Waals surface area (Å²) in [6, 6.07) is 5.64. The van der Waals surface area contributed by atoms with Crippen LogP contribution in [0.1, 0.15) is 52.3 Å². The maximum absolute atomic E-state index is 6.01. The molecule has 0 amide bonds. The summed E-state index contributed by atoms with van der Waals surface area (Å²) in [5.74, 6) is 0.870. The number of hydrogen-bond acceptors (Lipinski definition) is 6. The molecule has 156 valence electrons. The van der Waals surface area contributed by atoms with Crippen molar-refractivity contribution in [2.75, 3.05) is 25.9 Å². The van der Waals surface area contributed by atoms with E-state index in [1.807, 2.05) is 39.0 Å². The second-order valence-corrected chi connectivity index (χ2v) is 7.10. The highest BCUT2D eigenvalue weighted by Crippen LogP contribution is 2.27. The zero-order valence-electron chi connectivity index (χ0n) is 18.7. The van der Waals surface area contributed by atoms with Gasteiger partial charge in [-0.15, -0.1) is 5.10 Å². The quantitative estimate of drug-likeness (QED) is 0.698. The molecule has 1 fully saturated rings. The van der Waals surface area contributed by atoms with Crippen molar-refractivity contribution in [3.8, 4) is 11.5 Å². The Balaban J connectivity index is 0.000000367. The van der Waals surface area contributed by atoms with E-state index in [-0.39, 0.29) is 0 Å². The SMILES string of the molecule is CC.CC(C)=C(C)c1c(C)nc(N)n2nc(-c3ccccn3)nc12.CN1CCC1. The molecule has 0 atom stereocenters. The van der Waals surface area contributed by atoms with Crippen LogP contribution >= 0.6 is 0 Å². The maximum Gasteiger partial charge on any atom is 0.223 e. The van der Waals surface area contributed by atoms with Crippen molar-refractivity contribution in [1.29, 1.82) is 0 Å². The van der Waals surface area contributed by atoms with Crippen LogP contribution in [0, 0.1) is 6.92 Å². The fourth-order valence-electron chi connectivity index (χ4n) is 2.84. The predicted octanol–water partition coefficient (Wildman–Crippen LogP) is 4.24. The van der Waals surface area contributed by atoms with Gasteiger partial charge in [0.1, 0.15) is 5.69 Å². The van der Waals surface area contributed by atoms with Crippen LogP contribution in [0.15, 0.2) is 30.0 Å². The van der Waals surface area contributed by atoms with E-state index >= 15 is 0 Å². The van der Waals surface area contributed by atoms with Crippen LogP contribution in [0.3, 0.4) is 0 Å². The van der Waals surface area contributed by atoms with Crippen LogP contribution in [0.2, 0.25) is 0 Å². The first-order valence-corrected chi connectivity index (χ1v) is 10.2. The minimum absolute atomic E-state index is 0.326. The van der Waals surface area contributed by atoms with E-state index < -0.39 is 0 Å². The lowest BCUT2D eigenvalue weighted by Crippen LogP contribution is -2.32. The molecule has 1 saturated heterocycles. The number of anilines is 1. The zero-order valence-corrected chi connectivity index (χ0v) is 18.7. The highest BCUT2D eigenvalue weighted by molar-refractivity contribution is 5.79. The third-order valence-electron chi connectivity index (χ3n) is 4.79. The van der Waals surface area contributed by atoms with Gasteiger partial charge in [-0.2, -0.15) is 4.52 Å². The van der Waals surface area contributed by atoms with Crippen LogP contribution in [0.5, 0.6) is 0 Å². The van der Waals surface area contributed by atoms with E-state index in [1.54, 1.807) is 10.7 Å². The van der Waals surface area contributed by atoms with Gasteiger partial charge < -0.3 is 10.6 Å². The largest absolute Gasteiger partial charge is 0.368 e. The average molecular weight is 396 g/mol. The molecule has 0 aliphatic carbocycles. The average Bonchev–Trinajstić information content (AvgIpc) is 3.14. The molecule has 0 bridgehead atoms. The molecule has 0 radical (unpaired) electrons. The molecule has 0 saturated carbocycles. The molecular weight excluding hydrogens is 362 g/mol. The Labute approximate surface area is 173 Å². The standard InChI is InChI=1S/C16H18N6.C4H9N.C2H6/c1-9(2)10(3)13-11(4)19-16(17)22-15(13)20-14(21-22)12-7-5-6-8-18-12;1-5-3-2-4-5;1-2/h5-8H,1-4H3,(H2,17,19);2-4H2,1H3;1-2H3. The van der Waals surface area contributed by atoms with Gasteiger partial charge in [-0.25, -0.2) is 9.97 Å². The second kappa shape index (κ2) is 10.1. The number of nitrogens with zero attached hydrogens (tertiary/aromatic N) is 6. The number of likely N-dealkylation sites (tertiary alicyclic amines) is 1. The lowest BCUT2D eigenvalue weighted by molar-refractivity contribution is 0.229. The van der Waals surface area contributed by atoms with Crippen LogP contribution in [-0.4, -0.2) is 49.6 Å². The molecule has 29 heavy (non-hydrogen) atoms. The summed E-state index contributed by atoms with van der Waals surface area (Å²) < 4.78 is 1.58. The summed E-state index contributed by atoms with van der Waals surface area (Å²) in [6.07, 6.45) is 3.13. The van der Waals surface area contributed by atoms with Crippen LogP contribution in [0.25, 0.3) is 22.7 Å². The number of hydrogen-bond donors (Lipinski definition) is 1. The van der Waals surface area contributed by atoms with Crippen molar-refractivity contribution in [2.24, 2.45) is 0 Å². The van der Waals surface area contributed by atoms with Crippen molar-refractivity contribution in [3.05, 3.63) is 41.2 Å². The molecular formula is C22H33N7. The van der Waals surface area contributed by atoms with Gasteiger partial charge in [0.2, 0.25) is 11.8 Å². The summed E-state index contributed by atoms with van der Waals surface area (Å²) in [7, 11) is 2.14. The van der Waals surface area contributed by atoms with E-state index in [2.05, 4.69) is 52.8 Å². The number of pyridine rings is 1. The fourth-order valence-corrected chi connectivity index (χ4v) is 2.84. The van der Waals surface area contributed by atoms with E-state index in [4.69, 9.17) is 5.73 Å². The Hall–Kier alpha value is -2.80. The zero-order chi connectivity index (χ0) is 21.6. The topological polar surface area (TPSA) is 85.2 Å². The Morgan fingerprint density at radius 3 is 2.21 bits per heavy atom. The molecule has 0 spiro atoms. The van der Waals surface area contributed by atoms with Crippen LogP contribution < -0.4 is 5.73 Å². The molecule has 4 heterocycles. The monoisotopic (exact) mass is 395 g/mol. The molecule has 3 aromatic heterocycles. The third kappa shape index (κ3) is 5.17. The number of allylic oxidation sites excluding steroid dienone is 2. The molecule has 0 aromatic carbocycles. The second-order valence-electron chi connectivity index (χ2n) is 7.10. The van der Waals surface area contributed by atoms with Gasteiger partial charge in [-0.1, -0.05) is 25.5 Å². The van der Waals surface area contributed by atoms with E-state index in [0.29, 0.717) is 23.1 Å². The van der Waals surface area contributed by atoms with Gasteiger partial charge in [0.05, 0.1) is 5.69 Å².